The third-order valence-electron chi connectivity index (χ3n) is 2.96. The Balaban J connectivity index is 2.48. The third-order valence-corrected chi connectivity index (χ3v) is 2.96. The van der Waals surface area contributed by atoms with E-state index in [9.17, 15) is 14.4 Å². The fourth-order valence-corrected chi connectivity index (χ4v) is 1.80. The average Bonchev–Trinajstić information content (AvgIpc) is 2.42. The first-order valence-electron chi connectivity index (χ1n) is 6.72. The number of rotatable bonds is 8. The number of hydrogen-bond acceptors (Lipinski definition) is 3. The van der Waals surface area contributed by atoms with Gasteiger partial charge in [-0.3, -0.25) is 9.59 Å². The lowest BCUT2D eigenvalue weighted by Gasteiger charge is -2.14. The van der Waals surface area contributed by atoms with Gasteiger partial charge in [0.05, 0.1) is 0 Å². The molecule has 0 saturated carbocycles. The van der Waals surface area contributed by atoms with Gasteiger partial charge in [-0.05, 0) is 12.5 Å². The van der Waals surface area contributed by atoms with E-state index in [4.69, 9.17) is 5.11 Å². The van der Waals surface area contributed by atoms with Gasteiger partial charge < -0.3 is 15.0 Å². The van der Waals surface area contributed by atoms with Crippen LogP contribution in [0.3, 0.4) is 0 Å². The first-order valence-corrected chi connectivity index (χ1v) is 6.72. The molecule has 1 aromatic heterocycles. The minimum Gasteiger partial charge on any atom is -0.480 e. The Morgan fingerprint density at radius 1 is 1.40 bits per heavy atom. The molecule has 0 aromatic carbocycles. The third kappa shape index (κ3) is 5.26. The molecule has 1 atom stereocenters. The Bertz CT molecular complexity index is 510. The molecule has 0 aliphatic rings. The lowest BCUT2D eigenvalue weighted by atomic mass is 10.1. The zero-order chi connectivity index (χ0) is 15.0. The second-order valence-corrected chi connectivity index (χ2v) is 4.58. The lowest BCUT2D eigenvalue weighted by molar-refractivity contribution is -0.142. The van der Waals surface area contributed by atoms with Gasteiger partial charge in [0.2, 0.25) is 5.91 Å². The molecule has 0 radical (unpaired) electrons. The van der Waals surface area contributed by atoms with Gasteiger partial charge >= 0.3 is 5.97 Å². The number of aliphatic carboxylic acids is 1. The molecule has 0 bridgehead atoms. The van der Waals surface area contributed by atoms with Gasteiger partial charge in [-0.1, -0.05) is 25.8 Å². The number of aryl methyl sites for hydroxylation is 1. The van der Waals surface area contributed by atoms with Crippen molar-refractivity contribution in [1.29, 1.82) is 0 Å². The van der Waals surface area contributed by atoms with Crippen LogP contribution in [-0.2, 0) is 16.1 Å². The van der Waals surface area contributed by atoms with Gasteiger partial charge in [-0.2, -0.15) is 0 Å². The van der Waals surface area contributed by atoms with Crippen molar-refractivity contribution in [2.75, 3.05) is 0 Å². The van der Waals surface area contributed by atoms with Crippen LogP contribution in [0.15, 0.2) is 29.2 Å². The second-order valence-electron chi connectivity index (χ2n) is 4.58. The van der Waals surface area contributed by atoms with Crippen molar-refractivity contribution >= 4 is 11.9 Å². The summed E-state index contributed by atoms with van der Waals surface area (Å²) in [6.45, 7) is 2.20. The highest BCUT2D eigenvalue weighted by Crippen LogP contribution is 2.01. The number of amides is 1. The number of carbonyl (C=O) groups is 2. The molecule has 20 heavy (non-hydrogen) atoms. The Labute approximate surface area is 117 Å². The molecule has 0 aliphatic heterocycles. The van der Waals surface area contributed by atoms with Crippen molar-refractivity contribution in [3.05, 3.63) is 34.7 Å². The summed E-state index contributed by atoms with van der Waals surface area (Å²) in [5, 5.41) is 11.5. The Morgan fingerprint density at radius 3 is 2.75 bits per heavy atom. The first-order chi connectivity index (χ1) is 9.54. The van der Waals surface area contributed by atoms with Crippen LogP contribution in [0.2, 0.25) is 0 Å². The molecule has 0 saturated heterocycles. The second kappa shape index (κ2) is 8.14. The molecule has 110 valence electrons. The van der Waals surface area contributed by atoms with Gasteiger partial charge in [0.25, 0.3) is 5.56 Å². The van der Waals surface area contributed by atoms with Gasteiger partial charge in [0, 0.05) is 25.2 Å². The van der Waals surface area contributed by atoms with Crippen molar-refractivity contribution in [3.8, 4) is 0 Å². The number of carbonyl (C=O) groups excluding carboxylic acids is 1. The van der Waals surface area contributed by atoms with E-state index < -0.39 is 12.0 Å². The summed E-state index contributed by atoms with van der Waals surface area (Å²) >= 11 is 0. The molecule has 2 N–H and O–H groups in total. The number of carboxylic acid groups (broad SMARTS) is 1. The Hall–Kier alpha value is -2.11. The van der Waals surface area contributed by atoms with Crippen molar-refractivity contribution in [3.63, 3.8) is 0 Å². The smallest absolute Gasteiger partial charge is 0.326 e. The summed E-state index contributed by atoms with van der Waals surface area (Å²) in [4.78, 5) is 34.2. The Morgan fingerprint density at radius 2 is 2.15 bits per heavy atom. The lowest BCUT2D eigenvalue weighted by Crippen LogP contribution is -2.41. The number of unbranched alkanes of at least 4 members (excludes halogenated alkanes) is 1. The molecule has 1 amide bonds. The van der Waals surface area contributed by atoms with Crippen LogP contribution in [0, 0.1) is 0 Å². The Kier molecular flexibility index (Phi) is 6.49. The maximum atomic E-state index is 11.7. The van der Waals surface area contributed by atoms with Crippen LogP contribution in [-0.4, -0.2) is 27.6 Å². The number of nitrogens with zero attached hydrogens (tertiary/aromatic N) is 1. The standard InChI is InChI=1S/C14H20N2O4/c1-2-3-6-11(14(19)20)15-12(17)8-10-16-9-5-4-7-13(16)18/h4-5,7,9,11H,2-3,6,8,10H2,1H3,(H,15,17)(H,19,20). The summed E-state index contributed by atoms with van der Waals surface area (Å²) in [5.41, 5.74) is -0.180. The fraction of sp³-hybridized carbons (Fsp3) is 0.500. The topological polar surface area (TPSA) is 88.4 Å². The molecule has 1 unspecified atom stereocenters. The normalized spacial score (nSPS) is 11.8. The monoisotopic (exact) mass is 280 g/mol. The van der Waals surface area contributed by atoms with E-state index in [1.165, 1.54) is 10.6 Å². The van der Waals surface area contributed by atoms with Gasteiger partial charge in [0.15, 0.2) is 0 Å². The van der Waals surface area contributed by atoms with Gasteiger partial charge in [0.1, 0.15) is 6.04 Å². The van der Waals surface area contributed by atoms with E-state index in [0.29, 0.717) is 6.42 Å². The summed E-state index contributed by atoms with van der Waals surface area (Å²) in [6.07, 6.45) is 3.72. The van der Waals surface area contributed by atoms with Crippen LogP contribution in [0.1, 0.15) is 32.6 Å². The molecule has 0 fully saturated rings. The highest BCUT2D eigenvalue weighted by molar-refractivity contribution is 5.83. The number of hydrogen-bond donors (Lipinski definition) is 2. The summed E-state index contributed by atoms with van der Waals surface area (Å²) in [7, 11) is 0. The van der Waals surface area contributed by atoms with Crippen LogP contribution in [0.5, 0.6) is 0 Å². The van der Waals surface area contributed by atoms with Crippen LogP contribution >= 0.6 is 0 Å². The summed E-state index contributed by atoms with van der Waals surface area (Å²) in [6, 6.07) is 3.90. The zero-order valence-electron chi connectivity index (χ0n) is 11.5. The molecule has 6 heteroatoms. The molecule has 0 spiro atoms. The van der Waals surface area contributed by atoms with E-state index in [1.807, 2.05) is 6.92 Å². The van der Waals surface area contributed by atoms with E-state index in [1.54, 1.807) is 18.3 Å². The van der Waals surface area contributed by atoms with E-state index in [-0.39, 0.29) is 24.4 Å². The largest absolute Gasteiger partial charge is 0.480 e. The number of pyridine rings is 1. The van der Waals surface area contributed by atoms with Gasteiger partial charge in [-0.25, -0.2) is 4.79 Å². The molecule has 1 rings (SSSR count). The minimum atomic E-state index is -1.02. The zero-order valence-corrected chi connectivity index (χ0v) is 11.5. The maximum Gasteiger partial charge on any atom is 0.326 e. The molecular weight excluding hydrogens is 260 g/mol. The molecule has 6 nitrogen and oxygen atoms in total. The van der Waals surface area contributed by atoms with Crippen molar-refractivity contribution < 1.29 is 14.7 Å². The van der Waals surface area contributed by atoms with E-state index in [0.717, 1.165) is 12.8 Å². The first kappa shape index (κ1) is 15.9. The van der Waals surface area contributed by atoms with E-state index >= 15 is 0 Å². The molecule has 1 aromatic rings. The predicted molar refractivity (Wildman–Crippen MR) is 74.4 cm³/mol. The van der Waals surface area contributed by atoms with Crippen LogP contribution in [0.4, 0.5) is 0 Å². The highest BCUT2D eigenvalue weighted by atomic mass is 16.4. The molecule has 0 aliphatic carbocycles. The number of aromatic nitrogens is 1. The SMILES string of the molecule is CCCCC(NC(=O)CCn1ccccc1=O)C(=O)O. The number of carboxylic acids is 1. The maximum absolute atomic E-state index is 11.7. The van der Waals surface area contributed by atoms with Crippen LogP contribution in [0.25, 0.3) is 0 Å². The average molecular weight is 280 g/mol. The van der Waals surface area contributed by atoms with Crippen molar-refractivity contribution in [2.45, 2.75) is 45.2 Å². The number of nitrogens with one attached hydrogen (secondary N) is 1. The molecule has 1 heterocycles. The minimum absolute atomic E-state index is 0.0832. The van der Waals surface area contributed by atoms with Crippen molar-refractivity contribution in [2.24, 2.45) is 0 Å². The van der Waals surface area contributed by atoms with Crippen molar-refractivity contribution in [1.82, 2.24) is 9.88 Å². The molecular formula is C14H20N2O4. The predicted octanol–water partition coefficient (Wildman–Crippen LogP) is 0.998. The quantitative estimate of drug-likeness (QED) is 0.743. The summed E-state index contributed by atoms with van der Waals surface area (Å²) in [5.74, 6) is -1.38. The van der Waals surface area contributed by atoms with Crippen LogP contribution < -0.4 is 10.9 Å². The van der Waals surface area contributed by atoms with E-state index in [2.05, 4.69) is 5.32 Å². The highest BCUT2D eigenvalue weighted by Gasteiger charge is 2.18. The fourth-order valence-electron chi connectivity index (χ4n) is 1.80. The van der Waals surface area contributed by atoms with Gasteiger partial charge in [-0.15, -0.1) is 0 Å². The summed E-state index contributed by atoms with van der Waals surface area (Å²) < 4.78 is 1.42.